The van der Waals surface area contributed by atoms with Gasteiger partial charge in [0.25, 0.3) is 0 Å². The van der Waals surface area contributed by atoms with Crippen molar-refractivity contribution < 1.29 is 4.79 Å². The fourth-order valence-corrected chi connectivity index (χ4v) is 2.06. The first-order chi connectivity index (χ1) is 9.51. The monoisotopic (exact) mass is 291 g/mol. The van der Waals surface area contributed by atoms with Crippen LogP contribution in [0.3, 0.4) is 0 Å². The van der Waals surface area contributed by atoms with E-state index in [4.69, 9.17) is 11.6 Å². The highest BCUT2D eigenvalue weighted by Crippen LogP contribution is 2.19. The molecule has 0 aliphatic carbocycles. The third kappa shape index (κ3) is 3.61. The van der Waals surface area contributed by atoms with E-state index in [1.807, 2.05) is 42.9 Å². The summed E-state index contributed by atoms with van der Waals surface area (Å²) in [5, 5.41) is 7.22. The van der Waals surface area contributed by atoms with Gasteiger partial charge in [-0.2, -0.15) is 5.10 Å². The lowest BCUT2D eigenvalue weighted by molar-refractivity contribution is -0.120. The van der Waals surface area contributed by atoms with Crippen molar-refractivity contribution in [1.82, 2.24) is 15.1 Å². The first-order valence-corrected chi connectivity index (χ1v) is 6.98. The molecule has 1 heterocycles. The quantitative estimate of drug-likeness (QED) is 0.861. The third-order valence-corrected chi connectivity index (χ3v) is 3.36. The van der Waals surface area contributed by atoms with Crippen LogP contribution in [0.15, 0.2) is 42.7 Å². The standard InChI is InChI=1S/C15H18ClN3O/c1-15(2,18-14(20)8-16)13-9-17-19(11-13)10-12-6-4-3-5-7-12/h3-7,9,11H,8,10H2,1-2H3,(H,18,20). The SMILES string of the molecule is CC(C)(NC(=O)CCl)c1cnn(Cc2ccccc2)c1. The van der Waals surface area contributed by atoms with E-state index in [0.29, 0.717) is 6.54 Å². The lowest BCUT2D eigenvalue weighted by Gasteiger charge is -2.24. The van der Waals surface area contributed by atoms with Crippen LogP contribution >= 0.6 is 11.6 Å². The molecule has 4 nitrogen and oxygen atoms in total. The molecule has 2 rings (SSSR count). The van der Waals surface area contributed by atoms with E-state index in [-0.39, 0.29) is 11.8 Å². The van der Waals surface area contributed by atoms with Crippen LogP contribution in [-0.2, 0) is 16.9 Å². The van der Waals surface area contributed by atoms with Crippen LogP contribution < -0.4 is 5.32 Å². The number of alkyl halides is 1. The van der Waals surface area contributed by atoms with Crippen LogP contribution in [-0.4, -0.2) is 21.6 Å². The summed E-state index contributed by atoms with van der Waals surface area (Å²) in [6.45, 7) is 4.57. The fraction of sp³-hybridized carbons (Fsp3) is 0.333. The van der Waals surface area contributed by atoms with Crippen molar-refractivity contribution in [3.8, 4) is 0 Å². The number of hydrogen-bond acceptors (Lipinski definition) is 2. The Morgan fingerprint density at radius 2 is 2.05 bits per heavy atom. The molecule has 0 spiro atoms. The minimum atomic E-state index is -0.485. The Morgan fingerprint density at radius 3 is 2.70 bits per heavy atom. The van der Waals surface area contributed by atoms with Crippen molar-refractivity contribution in [2.75, 3.05) is 5.88 Å². The number of nitrogens with zero attached hydrogens (tertiary/aromatic N) is 2. The molecule has 0 aliphatic rings. The van der Waals surface area contributed by atoms with Gasteiger partial charge in [0.1, 0.15) is 5.88 Å². The van der Waals surface area contributed by atoms with E-state index in [9.17, 15) is 4.79 Å². The van der Waals surface area contributed by atoms with Crippen LogP contribution in [0.25, 0.3) is 0 Å². The normalized spacial score (nSPS) is 11.3. The fourth-order valence-electron chi connectivity index (χ4n) is 2.00. The Kier molecular flexibility index (Phi) is 4.45. The second kappa shape index (κ2) is 6.09. The van der Waals surface area contributed by atoms with Gasteiger partial charge in [0.05, 0.1) is 18.3 Å². The minimum absolute atomic E-state index is 0.0401. The van der Waals surface area contributed by atoms with E-state index in [1.54, 1.807) is 6.20 Å². The highest BCUT2D eigenvalue weighted by molar-refractivity contribution is 6.27. The van der Waals surface area contributed by atoms with Crippen LogP contribution in [0.4, 0.5) is 0 Å². The average Bonchev–Trinajstić information content (AvgIpc) is 2.88. The molecule has 0 radical (unpaired) electrons. The zero-order chi connectivity index (χ0) is 14.6. The van der Waals surface area contributed by atoms with E-state index >= 15 is 0 Å². The zero-order valence-electron chi connectivity index (χ0n) is 11.6. The van der Waals surface area contributed by atoms with Gasteiger partial charge in [0, 0.05) is 11.8 Å². The van der Waals surface area contributed by atoms with Gasteiger partial charge in [0.15, 0.2) is 0 Å². The number of carbonyl (C=O) groups excluding carboxylic acids is 1. The average molecular weight is 292 g/mol. The van der Waals surface area contributed by atoms with Crippen LogP contribution in [0.5, 0.6) is 0 Å². The molecular formula is C15H18ClN3O. The molecule has 1 aromatic carbocycles. The number of amides is 1. The van der Waals surface area contributed by atoms with Crippen LogP contribution in [0.2, 0.25) is 0 Å². The van der Waals surface area contributed by atoms with Gasteiger partial charge in [-0.15, -0.1) is 11.6 Å². The van der Waals surface area contributed by atoms with Crippen molar-refractivity contribution >= 4 is 17.5 Å². The smallest absolute Gasteiger partial charge is 0.235 e. The largest absolute Gasteiger partial charge is 0.346 e. The molecule has 1 amide bonds. The van der Waals surface area contributed by atoms with Gasteiger partial charge < -0.3 is 5.32 Å². The molecule has 0 unspecified atom stereocenters. The molecule has 0 saturated carbocycles. The van der Waals surface area contributed by atoms with Gasteiger partial charge in [-0.3, -0.25) is 9.48 Å². The molecule has 0 saturated heterocycles. The summed E-state index contributed by atoms with van der Waals surface area (Å²) in [5.41, 5.74) is 1.65. The second-order valence-corrected chi connectivity index (χ2v) is 5.49. The predicted molar refractivity (Wildman–Crippen MR) is 79.7 cm³/mol. The minimum Gasteiger partial charge on any atom is -0.346 e. The van der Waals surface area contributed by atoms with Crippen molar-refractivity contribution in [3.63, 3.8) is 0 Å². The van der Waals surface area contributed by atoms with Crippen molar-refractivity contribution in [2.24, 2.45) is 0 Å². The summed E-state index contributed by atoms with van der Waals surface area (Å²) in [5.74, 6) is -0.228. The summed E-state index contributed by atoms with van der Waals surface area (Å²) in [6.07, 6.45) is 3.72. The molecule has 0 fully saturated rings. The molecule has 1 N–H and O–H groups in total. The van der Waals surface area contributed by atoms with E-state index in [0.717, 1.165) is 5.56 Å². The molecule has 106 valence electrons. The van der Waals surface area contributed by atoms with Crippen LogP contribution in [0, 0.1) is 0 Å². The van der Waals surface area contributed by atoms with Gasteiger partial charge >= 0.3 is 0 Å². The Bertz CT molecular complexity index is 578. The van der Waals surface area contributed by atoms with Gasteiger partial charge in [-0.05, 0) is 19.4 Å². The first-order valence-electron chi connectivity index (χ1n) is 6.45. The second-order valence-electron chi connectivity index (χ2n) is 5.22. The summed E-state index contributed by atoms with van der Waals surface area (Å²) in [7, 11) is 0. The maximum atomic E-state index is 11.4. The third-order valence-electron chi connectivity index (χ3n) is 3.12. The van der Waals surface area contributed by atoms with E-state index in [2.05, 4.69) is 22.5 Å². The maximum Gasteiger partial charge on any atom is 0.235 e. The molecule has 0 aliphatic heterocycles. The number of carbonyl (C=O) groups is 1. The molecule has 0 atom stereocenters. The summed E-state index contributed by atoms with van der Waals surface area (Å²) < 4.78 is 1.86. The highest BCUT2D eigenvalue weighted by Gasteiger charge is 2.24. The number of benzene rings is 1. The van der Waals surface area contributed by atoms with Gasteiger partial charge in [-0.1, -0.05) is 30.3 Å². The molecule has 2 aromatic rings. The number of nitrogens with one attached hydrogen (secondary N) is 1. The molecule has 1 aromatic heterocycles. The number of aromatic nitrogens is 2. The molecule has 0 bridgehead atoms. The topological polar surface area (TPSA) is 46.9 Å². The summed E-state index contributed by atoms with van der Waals surface area (Å²) >= 11 is 5.53. The molecule has 20 heavy (non-hydrogen) atoms. The van der Waals surface area contributed by atoms with Gasteiger partial charge in [0.2, 0.25) is 5.91 Å². The van der Waals surface area contributed by atoms with E-state index < -0.39 is 5.54 Å². The summed E-state index contributed by atoms with van der Waals surface area (Å²) in [6, 6.07) is 10.1. The van der Waals surface area contributed by atoms with Crippen molar-refractivity contribution in [2.45, 2.75) is 25.9 Å². The van der Waals surface area contributed by atoms with E-state index in [1.165, 1.54) is 5.56 Å². The van der Waals surface area contributed by atoms with Crippen molar-refractivity contribution in [1.29, 1.82) is 0 Å². The number of hydrogen-bond donors (Lipinski definition) is 1. The summed E-state index contributed by atoms with van der Waals surface area (Å²) in [4.78, 5) is 11.4. The maximum absolute atomic E-state index is 11.4. The number of rotatable bonds is 5. The Hall–Kier alpha value is -1.81. The predicted octanol–water partition coefficient (Wildman–Crippen LogP) is 2.52. The Labute approximate surface area is 123 Å². The Morgan fingerprint density at radius 1 is 1.35 bits per heavy atom. The zero-order valence-corrected chi connectivity index (χ0v) is 12.4. The highest BCUT2D eigenvalue weighted by atomic mass is 35.5. The van der Waals surface area contributed by atoms with Crippen molar-refractivity contribution in [3.05, 3.63) is 53.9 Å². The first kappa shape index (κ1) is 14.6. The molecule has 5 heteroatoms. The lowest BCUT2D eigenvalue weighted by Crippen LogP contribution is -2.41. The van der Waals surface area contributed by atoms with Crippen LogP contribution in [0.1, 0.15) is 25.0 Å². The lowest BCUT2D eigenvalue weighted by atomic mass is 9.98. The molecular weight excluding hydrogens is 274 g/mol. The Balaban J connectivity index is 2.10. The van der Waals surface area contributed by atoms with Gasteiger partial charge in [-0.25, -0.2) is 0 Å². The number of halogens is 1.